The Hall–Kier alpha value is -2.39. The second kappa shape index (κ2) is 4.71. The van der Waals surface area contributed by atoms with Crippen molar-refractivity contribution in [2.45, 2.75) is 6.54 Å². The first-order chi connectivity index (χ1) is 9.33. The van der Waals surface area contributed by atoms with Gasteiger partial charge in [0.1, 0.15) is 11.3 Å². The van der Waals surface area contributed by atoms with Crippen LogP contribution in [-0.4, -0.2) is 6.29 Å². The van der Waals surface area contributed by atoms with E-state index in [1.807, 2.05) is 48.5 Å². The fraction of sp³-hybridized carbons (Fsp3) is 0.0625. The van der Waals surface area contributed by atoms with Crippen LogP contribution in [0.5, 0.6) is 0 Å². The first kappa shape index (κ1) is 11.7. The lowest BCUT2D eigenvalue weighted by Gasteiger charge is -2.00. The van der Waals surface area contributed by atoms with E-state index < -0.39 is 0 Å². The summed E-state index contributed by atoms with van der Waals surface area (Å²) in [6, 6.07) is 15.3. The van der Waals surface area contributed by atoms with Crippen LogP contribution >= 0.6 is 0 Å². The molecule has 2 N–H and O–H groups in total. The molecule has 0 aliphatic carbocycles. The summed E-state index contributed by atoms with van der Waals surface area (Å²) in [4.78, 5) is 11.3. The average molecular weight is 251 g/mol. The van der Waals surface area contributed by atoms with Crippen molar-refractivity contribution in [3.05, 3.63) is 59.7 Å². The Kier molecular flexibility index (Phi) is 2.89. The third kappa shape index (κ3) is 1.94. The van der Waals surface area contributed by atoms with Crippen molar-refractivity contribution in [2.24, 2.45) is 5.73 Å². The predicted molar refractivity (Wildman–Crippen MR) is 74.9 cm³/mol. The molecular formula is C16H13NO2. The Bertz CT molecular complexity index is 726. The van der Waals surface area contributed by atoms with E-state index in [9.17, 15) is 4.79 Å². The Morgan fingerprint density at radius 3 is 2.47 bits per heavy atom. The quantitative estimate of drug-likeness (QED) is 0.726. The van der Waals surface area contributed by atoms with Crippen molar-refractivity contribution < 1.29 is 9.21 Å². The molecule has 0 fully saturated rings. The van der Waals surface area contributed by atoms with Gasteiger partial charge in [0.15, 0.2) is 6.29 Å². The van der Waals surface area contributed by atoms with Crippen molar-refractivity contribution in [3.63, 3.8) is 0 Å². The Labute approximate surface area is 110 Å². The predicted octanol–water partition coefficient (Wildman–Crippen LogP) is 3.37. The number of aldehydes is 1. The lowest BCUT2D eigenvalue weighted by molar-refractivity contribution is 0.112. The third-order valence-electron chi connectivity index (χ3n) is 3.20. The number of hydrogen-bond donors (Lipinski definition) is 1. The molecule has 1 aromatic heterocycles. The number of rotatable bonds is 3. The molecule has 19 heavy (non-hydrogen) atoms. The highest BCUT2D eigenvalue weighted by atomic mass is 16.3. The highest BCUT2D eigenvalue weighted by Gasteiger charge is 2.14. The number of benzene rings is 2. The summed E-state index contributed by atoms with van der Waals surface area (Å²) < 4.78 is 5.79. The maximum absolute atomic E-state index is 11.3. The Balaban J connectivity index is 2.20. The van der Waals surface area contributed by atoms with Gasteiger partial charge in [0, 0.05) is 17.5 Å². The lowest BCUT2D eigenvalue weighted by atomic mass is 10.1. The second-order valence-corrected chi connectivity index (χ2v) is 4.36. The van der Waals surface area contributed by atoms with Gasteiger partial charge in [-0.05, 0) is 11.6 Å². The zero-order valence-electron chi connectivity index (χ0n) is 10.3. The van der Waals surface area contributed by atoms with Gasteiger partial charge in [0.05, 0.1) is 5.56 Å². The standard InChI is InChI=1S/C16H13NO2/c17-9-11-5-7-12(8-6-11)16-14(10-18)13-3-1-2-4-15(13)19-16/h1-8,10H,9,17H2. The van der Waals surface area contributed by atoms with Crippen LogP contribution in [0.15, 0.2) is 52.9 Å². The summed E-state index contributed by atoms with van der Waals surface area (Å²) in [6.07, 6.45) is 0.845. The van der Waals surface area contributed by atoms with E-state index in [4.69, 9.17) is 10.2 Å². The van der Waals surface area contributed by atoms with Gasteiger partial charge < -0.3 is 10.2 Å². The van der Waals surface area contributed by atoms with E-state index in [0.717, 1.165) is 28.4 Å². The Morgan fingerprint density at radius 2 is 1.79 bits per heavy atom. The molecule has 0 aliphatic heterocycles. The SMILES string of the molecule is NCc1ccc(-c2oc3ccccc3c2C=O)cc1. The highest BCUT2D eigenvalue weighted by Crippen LogP contribution is 2.32. The van der Waals surface area contributed by atoms with Crippen molar-refractivity contribution in [3.8, 4) is 11.3 Å². The maximum Gasteiger partial charge on any atom is 0.154 e. The van der Waals surface area contributed by atoms with E-state index in [-0.39, 0.29) is 0 Å². The van der Waals surface area contributed by atoms with Gasteiger partial charge in [-0.25, -0.2) is 0 Å². The van der Waals surface area contributed by atoms with Crippen LogP contribution < -0.4 is 5.73 Å². The minimum Gasteiger partial charge on any atom is -0.455 e. The topological polar surface area (TPSA) is 56.2 Å². The largest absolute Gasteiger partial charge is 0.455 e. The van der Waals surface area contributed by atoms with Gasteiger partial charge in [-0.2, -0.15) is 0 Å². The van der Waals surface area contributed by atoms with Gasteiger partial charge in [0.2, 0.25) is 0 Å². The molecule has 0 saturated heterocycles. The van der Waals surface area contributed by atoms with Crippen molar-refractivity contribution >= 4 is 17.3 Å². The van der Waals surface area contributed by atoms with E-state index in [2.05, 4.69) is 0 Å². The molecule has 0 radical (unpaired) electrons. The zero-order chi connectivity index (χ0) is 13.2. The molecule has 3 heteroatoms. The van der Waals surface area contributed by atoms with Crippen LogP contribution in [0.2, 0.25) is 0 Å². The fourth-order valence-corrected chi connectivity index (χ4v) is 2.19. The van der Waals surface area contributed by atoms with Crippen molar-refractivity contribution in [2.75, 3.05) is 0 Å². The van der Waals surface area contributed by atoms with E-state index >= 15 is 0 Å². The van der Waals surface area contributed by atoms with Crippen LogP contribution in [-0.2, 0) is 6.54 Å². The molecular weight excluding hydrogens is 238 g/mol. The van der Waals surface area contributed by atoms with Gasteiger partial charge in [-0.15, -0.1) is 0 Å². The molecule has 2 aromatic carbocycles. The molecule has 0 amide bonds. The van der Waals surface area contributed by atoms with E-state index in [1.165, 1.54) is 0 Å². The minimum atomic E-state index is 0.501. The first-order valence-corrected chi connectivity index (χ1v) is 6.09. The van der Waals surface area contributed by atoms with Crippen LogP contribution in [0.3, 0.4) is 0 Å². The second-order valence-electron chi connectivity index (χ2n) is 4.36. The molecule has 0 bridgehead atoms. The molecule has 3 rings (SSSR count). The number of fused-ring (bicyclic) bond motifs is 1. The maximum atomic E-state index is 11.3. The molecule has 0 spiro atoms. The summed E-state index contributed by atoms with van der Waals surface area (Å²) in [5.41, 5.74) is 8.83. The normalized spacial score (nSPS) is 10.8. The summed E-state index contributed by atoms with van der Waals surface area (Å²) >= 11 is 0. The molecule has 0 atom stereocenters. The number of carbonyl (C=O) groups is 1. The van der Waals surface area contributed by atoms with E-state index in [0.29, 0.717) is 17.9 Å². The molecule has 1 heterocycles. The summed E-state index contributed by atoms with van der Waals surface area (Å²) in [5, 5.41) is 0.843. The number of hydrogen-bond acceptors (Lipinski definition) is 3. The smallest absolute Gasteiger partial charge is 0.154 e. The van der Waals surface area contributed by atoms with Crippen LogP contribution in [0, 0.1) is 0 Å². The number of para-hydroxylation sites is 1. The van der Waals surface area contributed by atoms with Crippen LogP contribution in [0.4, 0.5) is 0 Å². The molecule has 0 saturated carbocycles. The lowest BCUT2D eigenvalue weighted by Crippen LogP contribution is -1.95. The zero-order valence-corrected chi connectivity index (χ0v) is 10.3. The van der Waals surface area contributed by atoms with Gasteiger partial charge in [0.25, 0.3) is 0 Å². The Morgan fingerprint density at radius 1 is 1.05 bits per heavy atom. The van der Waals surface area contributed by atoms with Crippen LogP contribution in [0.1, 0.15) is 15.9 Å². The number of carbonyl (C=O) groups excluding carboxylic acids is 1. The van der Waals surface area contributed by atoms with Gasteiger partial charge in [-0.3, -0.25) is 4.79 Å². The average Bonchev–Trinajstić information content (AvgIpc) is 2.85. The number of furan rings is 1. The van der Waals surface area contributed by atoms with Crippen molar-refractivity contribution in [1.29, 1.82) is 0 Å². The van der Waals surface area contributed by atoms with E-state index in [1.54, 1.807) is 0 Å². The molecule has 94 valence electrons. The summed E-state index contributed by atoms with van der Waals surface area (Å²) in [6.45, 7) is 0.501. The molecule has 0 aliphatic rings. The molecule has 3 aromatic rings. The van der Waals surface area contributed by atoms with Gasteiger partial charge in [-0.1, -0.05) is 42.5 Å². The van der Waals surface area contributed by atoms with Crippen molar-refractivity contribution in [1.82, 2.24) is 0 Å². The monoisotopic (exact) mass is 251 g/mol. The first-order valence-electron chi connectivity index (χ1n) is 6.09. The summed E-state index contributed by atoms with van der Waals surface area (Å²) in [5.74, 6) is 0.611. The molecule has 3 nitrogen and oxygen atoms in total. The van der Waals surface area contributed by atoms with Gasteiger partial charge >= 0.3 is 0 Å². The molecule has 0 unspecified atom stereocenters. The summed E-state index contributed by atoms with van der Waals surface area (Å²) in [7, 11) is 0. The highest BCUT2D eigenvalue weighted by molar-refractivity contribution is 6.02. The fourth-order valence-electron chi connectivity index (χ4n) is 2.19. The minimum absolute atomic E-state index is 0.501. The number of nitrogens with two attached hydrogens (primary N) is 1. The van der Waals surface area contributed by atoms with Crippen LogP contribution in [0.25, 0.3) is 22.3 Å². The third-order valence-corrected chi connectivity index (χ3v) is 3.20.